The third kappa shape index (κ3) is 3.67. The Morgan fingerprint density at radius 2 is 1.62 bits per heavy atom. The fraction of sp³-hybridized carbons (Fsp3) is 0.188. The number of carbonyl (C=O) groups excluding carboxylic acids is 1. The molecule has 0 aliphatic heterocycles. The Bertz CT molecular complexity index is 598. The van der Waals surface area contributed by atoms with Gasteiger partial charge in [0.1, 0.15) is 12.9 Å². The molecule has 0 aromatic heterocycles. The van der Waals surface area contributed by atoms with E-state index in [1.807, 2.05) is 12.1 Å². The van der Waals surface area contributed by atoms with E-state index in [0.29, 0.717) is 34.4 Å². The summed E-state index contributed by atoms with van der Waals surface area (Å²) in [6, 6.07) is 10.6. The van der Waals surface area contributed by atoms with Gasteiger partial charge in [-0.15, -0.1) is 0 Å². The van der Waals surface area contributed by atoms with E-state index in [0.717, 1.165) is 11.8 Å². The largest absolute Gasteiger partial charge is 0.493 e. The minimum atomic E-state index is 0.338. The standard InChI is InChI=1S/C16H15ClO4/c1-19-14-7-12(9-18)8-15(20-2)16(14)21-10-11-3-5-13(17)6-4-11/h3-9H,10H2,1-2H3. The summed E-state index contributed by atoms with van der Waals surface area (Å²) < 4.78 is 16.3. The summed E-state index contributed by atoms with van der Waals surface area (Å²) >= 11 is 5.84. The van der Waals surface area contributed by atoms with Gasteiger partial charge in [-0.2, -0.15) is 0 Å². The highest BCUT2D eigenvalue weighted by Crippen LogP contribution is 2.38. The van der Waals surface area contributed by atoms with Crippen LogP contribution in [0.4, 0.5) is 0 Å². The van der Waals surface area contributed by atoms with Gasteiger partial charge in [0.15, 0.2) is 11.5 Å². The minimum absolute atomic E-state index is 0.338. The maximum Gasteiger partial charge on any atom is 0.203 e. The molecule has 0 unspecified atom stereocenters. The highest BCUT2D eigenvalue weighted by Gasteiger charge is 2.14. The molecule has 0 aliphatic carbocycles. The van der Waals surface area contributed by atoms with Gasteiger partial charge < -0.3 is 14.2 Å². The fourth-order valence-electron chi connectivity index (χ4n) is 1.85. The van der Waals surface area contributed by atoms with Gasteiger partial charge >= 0.3 is 0 Å². The van der Waals surface area contributed by atoms with E-state index in [-0.39, 0.29) is 0 Å². The summed E-state index contributed by atoms with van der Waals surface area (Å²) in [5.74, 6) is 1.36. The molecule has 0 saturated carbocycles. The molecule has 0 saturated heterocycles. The Morgan fingerprint density at radius 3 is 2.10 bits per heavy atom. The van der Waals surface area contributed by atoms with E-state index in [1.54, 1.807) is 24.3 Å². The number of ether oxygens (including phenoxy) is 3. The predicted molar refractivity (Wildman–Crippen MR) is 80.7 cm³/mol. The summed E-state index contributed by atoms with van der Waals surface area (Å²) in [6.07, 6.45) is 0.730. The normalized spacial score (nSPS) is 10.0. The molecule has 0 N–H and O–H groups in total. The first-order chi connectivity index (χ1) is 10.2. The second-order valence-corrected chi connectivity index (χ2v) is 4.72. The molecule has 0 amide bonds. The zero-order chi connectivity index (χ0) is 15.2. The Labute approximate surface area is 128 Å². The number of halogens is 1. The van der Waals surface area contributed by atoms with Crippen molar-refractivity contribution in [3.63, 3.8) is 0 Å². The molecule has 0 fully saturated rings. The second kappa shape index (κ2) is 6.99. The molecule has 110 valence electrons. The number of benzene rings is 2. The summed E-state index contributed by atoms with van der Waals surface area (Å²) in [4.78, 5) is 10.9. The lowest BCUT2D eigenvalue weighted by molar-refractivity contribution is 0.112. The van der Waals surface area contributed by atoms with E-state index in [1.165, 1.54) is 14.2 Å². The summed E-state index contributed by atoms with van der Waals surface area (Å²) in [5, 5.41) is 0.671. The van der Waals surface area contributed by atoms with Gasteiger partial charge in [-0.05, 0) is 29.8 Å². The van der Waals surface area contributed by atoms with Crippen LogP contribution in [0, 0.1) is 0 Å². The van der Waals surface area contributed by atoms with Gasteiger partial charge in [0.05, 0.1) is 14.2 Å². The molecular weight excluding hydrogens is 292 g/mol. The monoisotopic (exact) mass is 306 g/mol. The van der Waals surface area contributed by atoms with Crippen LogP contribution < -0.4 is 14.2 Å². The van der Waals surface area contributed by atoms with Crippen molar-refractivity contribution in [2.75, 3.05) is 14.2 Å². The van der Waals surface area contributed by atoms with Crippen LogP contribution in [0.25, 0.3) is 0 Å². The molecule has 5 heteroatoms. The summed E-state index contributed by atoms with van der Waals surface area (Å²) in [5.41, 5.74) is 1.42. The number of aldehydes is 1. The zero-order valence-corrected chi connectivity index (χ0v) is 12.5. The van der Waals surface area contributed by atoms with Crippen LogP contribution in [0.1, 0.15) is 15.9 Å². The first-order valence-electron chi connectivity index (χ1n) is 6.26. The Balaban J connectivity index is 2.25. The molecule has 0 radical (unpaired) electrons. The minimum Gasteiger partial charge on any atom is -0.493 e. The molecule has 21 heavy (non-hydrogen) atoms. The van der Waals surface area contributed by atoms with Crippen LogP contribution in [0.3, 0.4) is 0 Å². The van der Waals surface area contributed by atoms with Gasteiger partial charge in [0.2, 0.25) is 5.75 Å². The SMILES string of the molecule is COc1cc(C=O)cc(OC)c1OCc1ccc(Cl)cc1. The highest BCUT2D eigenvalue weighted by atomic mass is 35.5. The van der Waals surface area contributed by atoms with Crippen LogP contribution in [0.5, 0.6) is 17.2 Å². The van der Waals surface area contributed by atoms with E-state index in [9.17, 15) is 4.79 Å². The van der Waals surface area contributed by atoms with Gasteiger partial charge in [-0.25, -0.2) is 0 Å². The van der Waals surface area contributed by atoms with Gasteiger partial charge in [0, 0.05) is 10.6 Å². The van der Waals surface area contributed by atoms with Crippen molar-refractivity contribution in [1.29, 1.82) is 0 Å². The smallest absolute Gasteiger partial charge is 0.203 e. The van der Waals surface area contributed by atoms with E-state index in [2.05, 4.69) is 0 Å². The van der Waals surface area contributed by atoms with Crippen molar-refractivity contribution < 1.29 is 19.0 Å². The number of methoxy groups -OCH3 is 2. The molecule has 4 nitrogen and oxygen atoms in total. The Kier molecular flexibility index (Phi) is 5.06. The first kappa shape index (κ1) is 15.2. The lowest BCUT2D eigenvalue weighted by Gasteiger charge is -2.15. The van der Waals surface area contributed by atoms with Gasteiger partial charge in [-0.1, -0.05) is 23.7 Å². The van der Waals surface area contributed by atoms with Crippen LogP contribution in [0.2, 0.25) is 5.02 Å². The summed E-state index contributed by atoms with van der Waals surface area (Å²) in [7, 11) is 3.02. The van der Waals surface area contributed by atoms with Crippen LogP contribution in [0.15, 0.2) is 36.4 Å². The average Bonchev–Trinajstić information content (AvgIpc) is 2.53. The van der Waals surface area contributed by atoms with Crippen molar-refractivity contribution in [2.45, 2.75) is 6.61 Å². The first-order valence-corrected chi connectivity index (χ1v) is 6.64. The van der Waals surface area contributed by atoms with Crippen molar-refractivity contribution in [3.8, 4) is 17.2 Å². The quantitative estimate of drug-likeness (QED) is 0.762. The molecule has 0 heterocycles. The van der Waals surface area contributed by atoms with Gasteiger partial charge in [0.25, 0.3) is 0 Å². The average molecular weight is 307 g/mol. The third-order valence-electron chi connectivity index (χ3n) is 2.92. The van der Waals surface area contributed by atoms with Crippen LogP contribution in [-0.2, 0) is 6.61 Å². The highest BCUT2D eigenvalue weighted by molar-refractivity contribution is 6.30. The Morgan fingerprint density at radius 1 is 1.05 bits per heavy atom. The van der Waals surface area contributed by atoms with E-state index in [4.69, 9.17) is 25.8 Å². The third-order valence-corrected chi connectivity index (χ3v) is 3.17. The zero-order valence-electron chi connectivity index (χ0n) is 11.8. The summed E-state index contributed by atoms with van der Waals surface area (Å²) in [6.45, 7) is 0.338. The topological polar surface area (TPSA) is 44.8 Å². The van der Waals surface area contributed by atoms with Crippen molar-refractivity contribution in [3.05, 3.63) is 52.5 Å². The number of rotatable bonds is 6. The molecule has 2 aromatic carbocycles. The van der Waals surface area contributed by atoms with Crippen molar-refractivity contribution in [1.82, 2.24) is 0 Å². The fourth-order valence-corrected chi connectivity index (χ4v) is 1.97. The van der Waals surface area contributed by atoms with Crippen molar-refractivity contribution in [2.24, 2.45) is 0 Å². The maximum atomic E-state index is 10.9. The van der Waals surface area contributed by atoms with Crippen molar-refractivity contribution >= 4 is 17.9 Å². The Hall–Kier alpha value is -2.20. The lowest BCUT2D eigenvalue weighted by atomic mass is 10.2. The molecule has 0 atom stereocenters. The number of carbonyl (C=O) groups is 1. The molecule has 0 aliphatic rings. The second-order valence-electron chi connectivity index (χ2n) is 4.29. The molecule has 0 spiro atoms. The lowest BCUT2D eigenvalue weighted by Crippen LogP contribution is -2.01. The predicted octanol–water partition coefficient (Wildman–Crippen LogP) is 3.75. The molecule has 2 rings (SSSR count). The van der Waals surface area contributed by atoms with Crippen LogP contribution >= 0.6 is 11.6 Å². The maximum absolute atomic E-state index is 10.9. The number of hydrogen-bond donors (Lipinski definition) is 0. The van der Waals surface area contributed by atoms with Crippen LogP contribution in [-0.4, -0.2) is 20.5 Å². The number of hydrogen-bond acceptors (Lipinski definition) is 4. The van der Waals surface area contributed by atoms with Gasteiger partial charge in [-0.3, -0.25) is 4.79 Å². The molecule has 2 aromatic rings. The van der Waals surface area contributed by atoms with E-state index < -0.39 is 0 Å². The van der Waals surface area contributed by atoms with E-state index >= 15 is 0 Å². The molecular formula is C16H15ClO4. The molecule has 0 bridgehead atoms.